The molecule has 0 aliphatic heterocycles. The fourth-order valence-corrected chi connectivity index (χ4v) is 1.97. The van der Waals surface area contributed by atoms with Crippen molar-refractivity contribution in [2.24, 2.45) is 0 Å². The Morgan fingerprint density at radius 1 is 1.47 bits per heavy atom. The Hall–Kier alpha value is -0.990. The van der Waals surface area contributed by atoms with E-state index in [1.54, 1.807) is 31.2 Å². The molecule has 0 saturated carbocycles. The molecule has 17 heavy (non-hydrogen) atoms. The topological polar surface area (TPSA) is 26.3 Å². The lowest BCUT2D eigenvalue weighted by Crippen LogP contribution is -2.33. The summed E-state index contributed by atoms with van der Waals surface area (Å²) in [7, 11) is 1.36. The number of hydrogen-bond acceptors (Lipinski definition) is 2. The average Bonchev–Trinajstić information content (AvgIpc) is 2.31. The number of halogens is 2. The van der Waals surface area contributed by atoms with Gasteiger partial charge >= 0.3 is 5.97 Å². The highest BCUT2D eigenvalue weighted by Gasteiger charge is 2.35. The molecule has 0 aliphatic carbocycles. The van der Waals surface area contributed by atoms with Crippen molar-refractivity contribution in [1.29, 1.82) is 0 Å². The number of ether oxygens (including phenoxy) is 1. The fourth-order valence-electron chi connectivity index (χ4n) is 1.67. The summed E-state index contributed by atoms with van der Waals surface area (Å²) in [6, 6.07) is 5.13. The molecule has 1 atom stereocenters. The summed E-state index contributed by atoms with van der Waals surface area (Å²) in [4.78, 5) is 11.9. The van der Waals surface area contributed by atoms with Crippen molar-refractivity contribution >= 4 is 29.2 Å². The molecule has 0 heterocycles. The van der Waals surface area contributed by atoms with E-state index < -0.39 is 5.41 Å². The van der Waals surface area contributed by atoms with Gasteiger partial charge < -0.3 is 4.74 Å². The van der Waals surface area contributed by atoms with Gasteiger partial charge in [0.25, 0.3) is 0 Å². The SMILES string of the molecule is C=CCC(C)(C(=O)OC)c1ccc(Cl)c(Cl)c1. The Kier molecular flexibility index (Phi) is 4.61. The van der Waals surface area contributed by atoms with Crippen molar-refractivity contribution in [3.8, 4) is 0 Å². The van der Waals surface area contributed by atoms with Crippen LogP contribution in [-0.4, -0.2) is 13.1 Å². The minimum atomic E-state index is -0.787. The number of rotatable bonds is 4. The molecule has 0 N–H and O–H groups in total. The van der Waals surface area contributed by atoms with Crippen molar-refractivity contribution in [2.45, 2.75) is 18.8 Å². The highest BCUT2D eigenvalue weighted by molar-refractivity contribution is 6.42. The van der Waals surface area contributed by atoms with Gasteiger partial charge in [0.2, 0.25) is 0 Å². The molecular weight excluding hydrogens is 259 g/mol. The summed E-state index contributed by atoms with van der Waals surface area (Å²) in [5.74, 6) is -0.323. The van der Waals surface area contributed by atoms with Crippen LogP contribution < -0.4 is 0 Å². The molecule has 4 heteroatoms. The lowest BCUT2D eigenvalue weighted by atomic mass is 9.79. The highest BCUT2D eigenvalue weighted by atomic mass is 35.5. The number of carbonyl (C=O) groups excluding carboxylic acids is 1. The highest BCUT2D eigenvalue weighted by Crippen LogP contribution is 2.33. The molecule has 1 rings (SSSR count). The zero-order chi connectivity index (χ0) is 13.1. The van der Waals surface area contributed by atoms with Gasteiger partial charge in [-0.15, -0.1) is 6.58 Å². The first-order valence-electron chi connectivity index (χ1n) is 5.10. The second-order valence-corrected chi connectivity index (χ2v) is 4.76. The predicted molar refractivity (Wildman–Crippen MR) is 70.6 cm³/mol. The van der Waals surface area contributed by atoms with Crippen LogP contribution in [0.3, 0.4) is 0 Å². The molecule has 0 fully saturated rings. The van der Waals surface area contributed by atoms with Gasteiger partial charge in [0.15, 0.2) is 0 Å². The number of esters is 1. The summed E-state index contributed by atoms with van der Waals surface area (Å²) in [5, 5.41) is 0.879. The molecule has 0 bridgehead atoms. The van der Waals surface area contributed by atoms with E-state index in [2.05, 4.69) is 6.58 Å². The van der Waals surface area contributed by atoms with Gasteiger partial charge in [-0.1, -0.05) is 35.3 Å². The van der Waals surface area contributed by atoms with E-state index in [0.717, 1.165) is 5.56 Å². The largest absolute Gasteiger partial charge is 0.468 e. The van der Waals surface area contributed by atoms with Crippen LogP contribution in [-0.2, 0) is 14.9 Å². The Bertz CT molecular complexity index is 443. The Morgan fingerprint density at radius 3 is 2.59 bits per heavy atom. The molecule has 0 spiro atoms. The van der Waals surface area contributed by atoms with E-state index in [-0.39, 0.29) is 5.97 Å². The fraction of sp³-hybridized carbons (Fsp3) is 0.308. The second kappa shape index (κ2) is 5.56. The Morgan fingerprint density at radius 2 is 2.12 bits per heavy atom. The molecule has 1 aromatic carbocycles. The predicted octanol–water partition coefficient (Wildman–Crippen LogP) is 4.00. The van der Waals surface area contributed by atoms with Crippen LogP contribution in [0.1, 0.15) is 18.9 Å². The molecule has 1 unspecified atom stereocenters. The monoisotopic (exact) mass is 272 g/mol. The maximum atomic E-state index is 11.9. The summed E-state index contributed by atoms with van der Waals surface area (Å²) in [6.45, 7) is 5.45. The quantitative estimate of drug-likeness (QED) is 0.612. The van der Waals surface area contributed by atoms with E-state index in [4.69, 9.17) is 27.9 Å². The number of benzene rings is 1. The van der Waals surface area contributed by atoms with E-state index in [1.807, 2.05) is 0 Å². The van der Waals surface area contributed by atoms with Crippen LogP contribution in [0.5, 0.6) is 0 Å². The zero-order valence-corrected chi connectivity index (χ0v) is 11.3. The summed E-state index contributed by atoms with van der Waals surface area (Å²) in [6.07, 6.45) is 2.15. The molecule has 0 aromatic heterocycles. The number of hydrogen-bond donors (Lipinski definition) is 0. The Labute approximate surface area is 111 Å². The second-order valence-electron chi connectivity index (χ2n) is 3.95. The standard InChI is InChI=1S/C13H14Cl2O2/c1-4-7-13(2,12(16)17-3)9-5-6-10(14)11(15)8-9/h4-6,8H,1,7H2,2-3H3. The summed E-state index contributed by atoms with van der Waals surface area (Å²) >= 11 is 11.8. The molecule has 1 aromatic rings. The normalized spacial score (nSPS) is 13.9. The lowest BCUT2D eigenvalue weighted by Gasteiger charge is -2.26. The van der Waals surface area contributed by atoms with Gasteiger partial charge in [-0.2, -0.15) is 0 Å². The van der Waals surface area contributed by atoms with Crippen molar-refractivity contribution in [3.05, 3.63) is 46.5 Å². The molecule has 0 aliphatic rings. The minimum Gasteiger partial charge on any atom is -0.468 e. The number of methoxy groups -OCH3 is 1. The van der Waals surface area contributed by atoms with Crippen LogP contribution in [0.15, 0.2) is 30.9 Å². The van der Waals surface area contributed by atoms with Gasteiger partial charge in [-0.3, -0.25) is 4.79 Å². The molecule has 0 radical (unpaired) electrons. The van der Waals surface area contributed by atoms with Gasteiger partial charge in [-0.05, 0) is 31.0 Å². The average molecular weight is 273 g/mol. The maximum absolute atomic E-state index is 11.9. The van der Waals surface area contributed by atoms with Crippen LogP contribution in [0, 0.1) is 0 Å². The third kappa shape index (κ3) is 2.82. The molecule has 2 nitrogen and oxygen atoms in total. The van der Waals surface area contributed by atoms with Gasteiger partial charge in [0.05, 0.1) is 22.6 Å². The first-order chi connectivity index (χ1) is 7.95. The van der Waals surface area contributed by atoms with E-state index in [1.165, 1.54) is 7.11 Å². The zero-order valence-electron chi connectivity index (χ0n) is 9.80. The van der Waals surface area contributed by atoms with Crippen LogP contribution in [0.4, 0.5) is 0 Å². The third-order valence-corrected chi connectivity index (χ3v) is 3.48. The lowest BCUT2D eigenvalue weighted by molar-refractivity contribution is -0.146. The van der Waals surface area contributed by atoms with Crippen molar-refractivity contribution in [1.82, 2.24) is 0 Å². The number of allylic oxidation sites excluding steroid dienone is 1. The molecule has 0 saturated heterocycles. The van der Waals surface area contributed by atoms with Gasteiger partial charge in [0.1, 0.15) is 0 Å². The molecule has 92 valence electrons. The minimum absolute atomic E-state index is 0.323. The van der Waals surface area contributed by atoms with E-state index >= 15 is 0 Å². The van der Waals surface area contributed by atoms with E-state index in [0.29, 0.717) is 16.5 Å². The molecular formula is C13H14Cl2O2. The number of carbonyl (C=O) groups is 1. The summed E-state index contributed by atoms with van der Waals surface area (Å²) in [5.41, 5.74) is -0.0243. The van der Waals surface area contributed by atoms with Crippen LogP contribution in [0.2, 0.25) is 10.0 Å². The van der Waals surface area contributed by atoms with Gasteiger partial charge in [0, 0.05) is 0 Å². The van der Waals surface area contributed by atoms with Crippen molar-refractivity contribution in [2.75, 3.05) is 7.11 Å². The van der Waals surface area contributed by atoms with Crippen molar-refractivity contribution in [3.63, 3.8) is 0 Å². The van der Waals surface area contributed by atoms with E-state index in [9.17, 15) is 4.79 Å². The summed E-state index contributed by atoms with van der Waals surface area (Å²) < 4.78 is 4.83. The first-order valence-corrected chi connectivity index (χ1v) is 5.86. The maximum Gasteiger partial charge on any atom is 0.316 e. The van der Waals surface area contributed by atoms with Gasteiger partial charge in [-0.25, -0.2) is 0 Å². The Balaban J connectivity index is 3.26. The molecule has 0 amide bonds. The van der Waals surface area contributed by atoms with Crippen LogP contribution in [0.25, 0.3) is 0 Å². The third-order valence-electron chi connectivity index (χ3n) is 2.75. The van der Waals surface area contributed by atoms with Crippen molar-refractivity contribution < 1.29 is 9.53 Å². The van der Waals surface area contributed by atoms with Crippen LogP contribution >= 0.6 is 23.2 Å². The smallest absolute Gasteiger partial charge is 0.316 e. The first kappa shape index (κ1) is 14.1.